The zero-order valence-corrected chi connectivity index (χ0v) is 17.0. The Morgan fingerprint density at radius 3 is 2.22 bits per heavy atom. The van der Waals surface area contributed by atoms with Crippen LogP contribution in [0.5, 0.6) is 0 Å². The number of ether oxygens (including phenoxy) is 1. The molecule has 5 heteroatoms. The lowest BCUT2D eigenvalue weighted by atomic mass is 9.99. The molecule has 3 atom stereocenters. The van der Waals surface area contributed by atoms with E-state index in [1.807, 2.05) is 31.2 Å². The van der Waals surface area contributed by atoms with Crippen LogP contribution in [0.1, 0.15) is 25.3 Å². The maximum absolute atomic E-state index is 13.2. The average molecular weight is 355 g/mol. The first-order chi connectivity index (χ1) is 10.7. The van der Waals surface area contributed by atoms with Gasteiger partial charge >= 0.3 is 5.97 Å². The van der Waals surface area contributed by atoms with Gasteiger partial charge in [0.15, 0.2) is 0 Å². The van der Waals surface area contributed by atoms with Crippen LogP contribution < -0.4 is 0 Å². The monoisotopic (exact) mass is 354 g/mol. The predicted octanol–water partition coefficient (Wildman–Crippen LogP) is 4.40. The summed E-state index contributed by atoms with van der Waals surface area (Å²) in [7, 11) is -1.09. The molecule has 0 saturated carbocycles. The number of hydrogen-bond acceptors (Lipinski definition) is 3. The minimum atomic E-state index is -1.41. The number of carbonyl (C=O) groups is 1. The summed E-state index contributed by atoms with van der Waals surface area (Å²) in [5.41, 5.74) is 1.16. The fraction of sp³-hybridized carbons (Fsp3) is 0.611. The maximum Gasteiger partial charge on any atom is 0.305 e. The Labute approximate surface area is 144 Å². The highest BCUT2D eigenvalue weighted by atomic mass is 32.2. The Bertz CT molecular complexity index is 534. The van der Waals surface area contributed by atoms with Crippen LogP contribution in [0.3, 0.4) is 0 Å². The van der Waals surface area contributed by atoms with E-state index in [9.17, 15) is 9.00 Å². The Morgan fingerprint density at radius 1 is 1.22 bits per heavy atom. The summed E-state index contributed by atoms with van der Waals surface area (Å²) in [5.74, 6) is -0.116. The van der Waals surface area contributed by atoms with E-state index >= 15 is 0 Å². The van der Waals surface area contributed by atoms with Gasteiger partial charge in [0.2, 0.25) is 0 Å². The predicted molar refractivity (Wildman–Crippen MR) is 99.9 cm³/mol. The second-order valence-electron chi connectivity index (χ2n) is 7.36. The second-order valence-corrected chi connectivity index (χ2v) is 14.6. The first-order valence-electron chi connectivity index (χ1n) is 8.22. The van der Waals surface area contributed by atoms with E-state index in [1.165, 1.54) is 7.11 Å². The highest BCUT2D eigenvalue weighted by Gasteiger charge is 2.33. The minimum absolute atomic E-state index is 0.00785. The number of hydrogen-bond donors (Lipinski definition) is 0. The Balaban J connectivity index is 3.09. The molecule has 0 spiro atoms. The molecule has 0 saturated heterocycles. The molecule has 1 aromatic carbocycles. The molecule has 1 aromatic rings. The van der Waals surface area contributed by atoms with E-state index in [-0.39, 0.29) is 17.1 Å². The summed E-state index contributed by atoms with van der Waals surface area (Å²) in [5, 5.41) is 0.00785. The van der Waals surface area contributed by atoms with Gasteiger partial charge < -0.3 is 4.74 Å². The summed E-state index contributed by atoms with van der Waals surface area (Å²) in [6.07, 6.45) is 1.18. The largest absolute Gasteiger partial charge is 0.469 e. The zero-order valence-electron chi connectivity index (χ0n) is 15.2. The minimum Gasteiger partial charge on any atom is -0.469 e. The highest BCUT2D eigenvalue weighted by molar-refractivity contribution is 7.85. The molecular formula is C18H30O3SSi. The Morgan fingerprint density at radius 2 is 1.78 bits per heavy atom. The molecule has 0 N–H and O–H groups in total. The molecule has 23 heavy (non-hydrogen) atoms. The summed E-state index contributed by atoms with van der Waals surface area (Å²) in [6.45, 7) is 11.0. The molecule has 0 aromatic heterocycles. The molecule has 0 aliphatic rings. The van der Waals surface area contributed by atoms with Crippen LogP contribution in [0.25, 0.3) is 0 Å². The number of aryl methyl sites for hydroxylation is 1. The molecule has 0 bridgehead atoms. The number of carbonyl (C=O) groups excluding carboxylic acids is 1. The van der Waals surface area contributed by atoms with E-state index in [0.717, 1.165) is 22.9 Å². The second kappa shape index (κ2) is 8.78. The third kappa shape index (κ3) is 6.59. The molecule has 0 unspecified atom stereocenters. The quantitative estimate of drug-likeness (QED) is 0.513. The molecule has 0 radical (unpaired) electrons. The van der Waals surface area contributed by atoms with Gasteiger partial charge in [-0.1, -0.05) is 50.7 Å². The molecule has 0 fully saturated rings. The molecule has 130 valence electrons. The summed E-state index contributed by atoms with van der Waals surface area (Å²) in [6, 6.07) is 8.85. The van der Waals surface area contributed by atoms with Gasteiger partial charge in [-0.3, -0.25) is 9.00 Å². The van der Waals surface area contributed by atoms with Gasteiger partial charge in [0, 0.05) is 24.6 Å². The van der Waals surface area contributed by atoms with Crippen molar-refractivity contribution in [2.24, 2.45) is 5.92 Å². The van der Waals surface area contributed by atoms with Crippen LogP contribution in [0.2, 0.25) is 25.7 Å². The van der Waals surface area contributed by atoms with E-state index in [2.05, 4.69) is 26.6 Å². The van der Waals surface area contributed by atoms with E-state index < -0.39 is 18.9 Å². The fourth-order valence-corrected chi connectivity index (χ4v) is 7.74. The van der Waals surface area contributed by atoms with E-state index in [0.29, 0.717) is 6.42 Å². The standard InChI is InChI=1S/C18H30O3SSi/c1-7-15(12-18(19)21-3)17(13-23(4,5)6)22(20)16-10-8-14(2)9-11-16/h8-11,15,17H,7,12-13H2,1-6H3/t15-,17-,22-/m0/s1. The van der Waals surface area contributed by atoms with Crippen molar-refractivity contribution in [3.63, 3.8) is 0 Å². The van der Waals surface area contributed by atoms with Gasteiger partial charge in [-0.05, 0) is 31.0 Å². The van der Waals surface area contributed by atoms with Crippen molar-refractivity contribution in [1.29, 1.82) is 0 Å². The van der Waals surface area contributed by atoms with Crippen molar-refractivity contribution in [2.45, 2.75) is 62.5 Å². The first kappa shape index (κ1) is 20.1. The van der Waals surface area contributed by atoms with Crippen molar-refractivity contribution >= 4 is 24.8 Å². The third-order valence-electron chi connectivity index (χ3n) is 4.05. The number of rotatable bonds is 8. The van der Waals surface area contributed by atoms with Gasteiger partial charge in [-0.15, -0.1) is 0 Å². The van der Waals surface area contributed by atoms with Crippen molar-refractivity contribution in [3.8, 4) is 0 Å². The van der Waals surface area contributed by atoms with Gasteiger partial charge in [-0.2, -0.15) is 0 Å². The van der Waals surface area contributed by atoms with Gasteiger partial charge in [0.05, 0.1) is 17.9 Å². The third-order valence-corrected chi connectivity index (χ3v) is 7.85. The molecule has 0 aliphatic heterocycles. The summed E-state index contributed by atoms with van der Waals surface area (Å²) >= 11 is 0. The number of esters is 1. The van der Waals surface area contributed by atoms with Crippen molar-refractivity contribution < 1.29 is 13.7 Å². The fourth-order valence-electron chi connectivity index (χ4n) is 2.70. The SMILES string of the molecule is CC[C@@H](CC(=O)OC)[C@H](C[Si](C)(C)C)[S@@](=O)c1ccc(C)cc1. The van der Waals surface area contributed by atoms with E-state index in [1.54, 1.807) is 0 Å². The smallest absolute Gasteiger partial charge is 0.305 e. The lowest BCUT2D eigenvalue weighted by Gasteiger charge is -2.30. The molecule has 0 amide bonds. The lowest BCUT2D eigenvalue weighted by molar-refractivity contribution is -0.141. The first-order valence-corrected chi connectivity index (χ1v) is 13.1. The molecule has 1 rings (SSSR count). The Kier molecular flexibility index (Phi) is 7.68. The van der Waals surface area contributed by atoms with E-state index in [4.69, 9.17) is 4.74 Å². The molecule has 0 aliphatic carbocycles. The van der Waals surface area contributed by atoms with Crippen LogP contribution in [0, 0.1) is 12.8 Å². The average Bonchev–Trinajstić information content (AvgIpc) is 2.49. The molecule has 3 nitrogen and oxygen atoms in total. The van der Waals surface area contributed by atoms with Crippen LogP contribution >= 0.6 is 0 Å². The lowest BCUT2D eigenvalue weighted by Crippen LogP contribution is -2.35. The Hall–Kier alpha value is -0.943. The van der Waals surface area contributed by atoms with Gasteiger partial charge in [-0.25, -0.2) is 0 Å². The zero-order chi connectivity index (χ0) is 17.6. The highest BCUT2D eigenvalue weighted by Crippen LogP contribution is 2.30. The van der Waals surface area contributed by atoms with Gasteiger partial charge in [0.25, 0.3) is 0 Å². The summed E-state index contributed by atoms with van der Waals surface area (Å²) in [4.78, 5) is 12.6. The van der Waals surface area contributed by atoms with Crippen molar-refractivity contribution in [1.82, 2.24) is 0 Å². The van der Waals surface area contributed by atoms with Crippen molar-refractivity contribution in [3.05, 3.63) is 29.8 Å². The summed E-state index contributed by atoms with van der Waals surface area (Å²) < 4.78 is 18.0. The topological polar surface area (TPSA) is 43.4 Å². The normalized spacial score (nSPS) is 15.7. The van der Waals surface area contributed by atoms with Crippen LogP contribution in [-0.2, 0) is 20.3 Å². The van der Waals surface area contributed by atoms with Crippen molar-refractivity contribution in [2.75, 3.05) is 7.11 Å². The maximum atomic E-state index is 13.2. The molecular weight excluding hydrogens is 324 g/mol. The van der Waals surface area contributed by atoms with Crippen LogP contribution in [-0.4, -0.2) is 30.6 Å². The number of benzene rings is 1. The molecule has 0 heterocycles. The van der Waals surface area contributed by atoms with Crippen LogP contribution in [0.15, 0.2) is 29.2 Å². The van der Waals surface area contributed by atoms with Crippen LogP contribution in [0.4, 0.5) is 0 Å². The number of methoxy groups -OCH3 is 1. The van der Waals surface area contributed by atoms with Gasteiger partial charge in [0.1, 0.15) is 0 Å².